The van der Waals surface area contributed by atoms with E-state index in [2.05, 4.69) is 5.32 Å². The Balaban J connectivity index is 2.61. The fraction of sp³-hybridized carbons (Fsp3) is 0.750. The van der Waals surface area contributed by atoms with Gasteiger partial charge in [0.05, 0.1) is 0 Å². The fourth-order valence-corrected chi connectivity index (χ4v) is 2.79. The molecule has 0 radical (unpaired) electrons. The van der Waals surface area contributed by atoms with E-state index in [1.54, 1.807) is 0 Å². The molecule has 2 atom stereocenters. The highest BCUT2D eigenvalue weighted by Gasteiger charge is 2.31. The summed E-state index contributed by atoms with van der Waals surface area (Å²) in [5, 5.41) is 2.88. The second-order valence-electron chi connectivity index (χ2n) is 5.24. The normalized spacial score (nSPS) is 22.2. The number of carbonyl (C=O) groups is 3. The van der Waals surface area contributed by atoms with Crippen molar-refractivity contribution in [1.82, 2.24) is 16.2 Å². The van der Waals surface area contributed by atoms with Gasteiger partial charge in [-0.05, 0) is 25.2 Å². The zero-order chi connectivity index (χ0) is 15.1. The summed E-state index contributed by atoms with van der Waals surface area (Å²) in [5.41, 5.74) is 3.98. The number of amides is 3. The highest BCUT2D eigenvalue weighted by Crippen LogP contribution is 2.29. The predicted molar refractivity (Wildman–Crippen MR) is 72.3 cm³/mol. The van der Waals surface area contributed by atoms with Gasteiger partial charge in [-0.3, -0.25) is 25.2 Å². The minimum absolute atomic E-state index is 0.0633. The quantitative estimate of drug-likeness (QED) is 0.184. The number of hydrogen-bond acceptors (Lipinski definition) is 5. The van der Waals surface area contributed by atoms with Crippen molar-refractivity contribution < 1.29 is 14.4 Å². The Morgan fingerprint density at radius 1 is 1.15 bits per heavy atom. The first-order valence-corrected chi connectivity index (χ1v) is 6.76. The van der Waals surface area contributed by atoms with E-state index in [1.807, 2.05) is 10.9 Å². The van der Waals surface area contributed by atoms with Crippen LogP contribution in [0.15, 0.2) is 0 Å². The minimum atomic E-state index is -0.897. The summed E-state index contributed by atoms with van der Waals surface area (Å²) in [6.07, 6.45) is 3.93. The van der Waals surface area contributed by atoms with Gasteiger partial charge in [-0.1, -0.05) is 12.8 Å². The number of nitrogens with one attached hydrogen (secondary N) is 3. The molecule has 0 aliphatic heterocycles. The van der Waals surface area contributed by atoms with Crippen LogP contribution in [0.5, 0.6) is 0 Å². The van der Waals surface area contributed by atoms with Gasteiger partial charge >= 0.3 is 0 Å². The number of carbonyl (C=O) groups excluding carboxylic acids is 3. The molecule has 0 bridgehead atoms. The smallest absolute Gasteiger partial charge is 0.246 e. The summed E-state index contributed by atoms with van der Waals surface area (Å²) in [4.78, 5) is 34.3. The molecular formula is C12H23N5O3. The molecule has 114 valence electrons. The third kappa shape index (κ3) is 4.78. The molecule has 0 aromatic rings. The van der Waals surface area contributed by atoms with Crippen molar-refractivity contribution in [2.24, 2.45) is 23.5 Å². The van der Waals surface area contributed by atoms with Crippen LogP contribution in [0.1, 0.15) is 39.0 Å². The molecule has 0 saturated heterocycles. The van der Waals surface area contributed by atoms with Crippen molar-refractivity contribution in [2.75, 3.05) is 0 Å². The van der Waals surface area contributed by atoms with Gasteiger partial charge in [0.1, 0.15) is 5.92 Å². The number of hydrazine groups is 2. The van der Waals surface area contributed by atoms with Crippen molar-refractivity contribution in [3.05, 3.63) is 0 Å². The van der Waals surface area contributed by atoms with Crippen LogP contribution >= 0.6 is 0 Å². The second-order valence-corrected chi connectivity index (χ2v) is 5.24. The fourth-order valence-electron chi connectivity index (χ4n) is 2.79. The first kappa shape index (κ1) is 16.4. The predicted octanol–water partition coefficient (Wildman–Crippen LogP) is -1.33. The molecule has 0 heterocycles. The van der Waals surface area contributed by atoms with Crippen LogP contribution in [0, 0.1) is 11.8 Å². The molecule has 1 aliphatic carbocycles. The van der Waals surface area contributed by atoms with Gasteiger partial charge in [0.2, 0.25) is 17.7 Å². The van der Waals surface area contributed by atoms with Crippen LogP contribution in [-0.4, -0.2) is 23.8 Å². The average molecular weight is 285 g/mol. The summed E-state index contributed by atoms with van der Waals surface area (Å²) < 4.78 is 0. The number of nitrogens with two attached hydrogens (primary N) is 2. The molecule has 0 aromatic heterocycles. The van der Waals surface area contributed by atoms with Gasteiger partial charge in [0, 0.05) is 13.0 Å². The van der Waals surface area contributed by atoms with E-state index in [4.69, 9.17) is 11.7 Å². The van der Waals surface area contributed by atoms with Crippen LogP contribution in [0.4, 0.5) is 0 Å². The van der Waals surface area contributed by atoms with Gasteiger partial charge in [-0.25, -0.2) is 11.7 Å². The largest absolute Gasteiger partial charge is 0.354 e. The monoisotopic (exact) mass is 285 g/mol. The van der Waals surface area contributed by atoms with Gasteiger partial charge in [0.15, 0.2) is 0 Å². The minimum Gasteiger partial charge on any atom is -0.354 e. The molecule has 20 heavy (non-hydrogen) atoms. The Labute approximate surface area is 118 Å². The Kier molecular flexibility index (Phi) is 6.40. The molecule has 1 aliphatic rings. The van der Waals surface area contributed by atoms with E-state index in [9.17, 15) is 14.4 Å². The molecule has 0 spiro atoms. The van der Waals surface area contributed by atoms with Crippen LogP contribution in [0.2, 0.25) is 0 Å². The molecule has 7 N–H and O–H groups in total. The first-order chi connectivity index (χ1) is 9.47. The van der Waals surface area contributed by atoms with Crippen LogP contribution in [-0.2, 0) is 14.4 Å². The van der Waals surface area contributed by atoms with Gasteiger partial charge in [-0.2, -0.15) is 0 Å². The Morgan fingerprint density at radius 3 is 2.25 bits per heavy atom. The van der Waals surface area contributed by atoms with Crippen molar-refractivity contribution >= 4 is 17.7 Å². The van der Waals surface area contributed by atoms with Crippen molar-refractivity contribution in [3.63, 3.8) is 0 Å². The highest BCUT2D eigenvalue weighted by molar-refractivity contribution is 5.99. The van der Waals surface area contributed by atoms with Gasteiger partial charge < -0.3 is 5.32 Å². The Morgan fingerprint density at radius 2 is 1.75 bits per heavy atom. The van der Waals surface area contributed by atoms with Crippen LogP contribution < -0.4 is 27.9 Å². The van der Waals surface area contributed by atoms with Crippen molar-refractivity contribution in [2.45, 2.75) is 45.1 Å². The van der Waals surface area contributed by atoms with E-state index in [1.165, 1.54) is 6.92 Å². The van der Waals surface area contributed by atoms with E-state index in [0.29, 0.717) is 6.42 Å². The Bertz CT molecular complexity index is 358. The highest BCUT2D eigenvalue weighted by atomic mass is 16.2. The lowest BCUT2D eigenvalue weighted by Gasteiger charge is -2.31. The number of hydrogen-bond donors (Lipinski definition) is 5. The maximum atomic E-state index is 11.6. The SMILES string of the molecule is CC(=O)N[C@H]1CCC[C@@H](CC(C(=O)NN)C(=O)NN)C1. The molecule has 0 unspecified atom stereocenters. The first-order valence-electron chi connectivity index (χ1n) is 6.76. The summed E-state index contributed by atoms with van der Waals surface area (Å²) in [6.45, 7) is 1.48. The molecule has 1 rings (SSSR count). The summed E-state index contributed by atoms with van der Waals surface area (Å²) in [5.74, 6) is 8.30. The number of rotatable bonds is 5. The standard InChI is InChI=1S/C12H23N5O3/c1-7(18)15-9-4-2-3-8(5-9)6-10(11(19)16-13)12(20)17-14/h8-10H,2-6,13-14H2,1H3,(H,15,18)(H,16,19)(H,17,20)/t8-,9+/m1/s1. The van der Waals surface area contributed by atoms with E-state index < -0.39 is 17.7 Å². The maximum Gasteiger partial charge on any atom is 0.246 e. The zero-order valence-electron chi connectivity index (χ0n) is 11.6. The van der Waals surface area contributed by atoms with Gasteiger partial charge in [-0.15, -0.1) is 0 Å². The second kappa shape index (κ2) is 7.81. The molecule has 1 saturated carbocycles. The van der Waals surface area contributed by atoms with E-state index in [0.717, 1.165) is 25.7 Å². The van der Waals surface area contributed by atoms with E-state index in [-0.39, 0.29) is 17.9 Å². The summed E-state index contributed by atoms with van der Waals surface area (Å²) >= 11 is 0. The Hall–Kier alpha value is -1.67. The van der Waals surface area contributed by atoms with E-state index >= 15 is 0 Å². The topological polar surface area (TPSA) is 139 Å². The van der Waals surface area contributed by atoms with Crippen LogP contribution in [0.25, 0.3) is 0 Å². The summed E-state index contributed by atoms with van der Waals surface area (Å²) in [7, 11) is 0. The maximum absolute atomic E-state index is 11.6. The molecular weight excluding hydrogens is 262 g/mol. The third-order valence-corrected chi connectivity index (χ3v) is 3.68. The van der Waals surface area contributed by atoms with Gasteiger partial charge in [0.25, 0.3) is 0 Å². The zero-order valence-corrected chi connectivity index (χ0v) is 11.6. The molecule has 0 aromatic carbocycles. The lowest BCUT2D eigenvalue weighted by atomic mass is 9.80. The molecule has 8 nitrogen and oxygen atoms in total. The molecule has 1 fully saturated rings. The lowest BCUT2D eigenvalue weighted by molar-refractivity contribution is -0.136. The van der Waals surface area contributed by atoms with Crippen LogP contribution in [0.3, 0.4) is 0 Å². The third-order valence-electron chi connectivity index (χ3n) is 3.68. The molecule has 3 amide bonds. The molecule has 8 heteroatoms. The average Bonchev–Trinajstić information content (AvgIpc) is 2.42. The summed E-state index contributed by atoms with van der Waals surface area (Å²) in [6, 6.07) is 0.105. The van der Waals surface area contributed by atoms with Crippen molar-refractivity contribution in [3.8, 4) is 0 Å². The lowest BCUT2D eigenvalue weighted by Crippen LogP contribution is -2.47. The van der Waals surface area contributed by atoms with Crippen molar-refractivity contribution in [1.29, 1.82) is 0 Å².